The van der Waals surface area contributed by atoms with E-state index < -0.39 is 22.7 Å². The first-order valence-corrected chi connectivity index (χ1v) is 12.3. The Balaban J connectivity index is 1.43. The van der Waals surface area contributed by atoms with E-state index in [4.69, 9.17) is 11.6 Å². The number of hydrogen-bond donors (Lipinski definition) is 1. The number of carbonyl (C=O) groups is 2. The number of thiazole rings is 2. The molecule has 0 fully saturated rings. The Morgan fingerprint density at radius 2 is 1.89 bits per heavy atom. The van der Waals surface area contributed by atoms with Gasteiger partial charge in [0.05, 0.1) is 38.6 Å². The summed E-state index contributed by atoms with van der Waals surface area (Å²) in [5, 5.41) is 2.87. The summed E-state index contributed by atoms with van der Waals surface area (Å²) in [4.78, 5) is 46.7. The SMILES string of the molecule is Cc1nc(-c2cnccn2)sc1C(=O)C[C@H](C)c1ncc(C(=O)Nc2cc(C(F)(F)F)c(Cl)cn2)s1. The minimum atomic E-state index is -4.69. The van der Waals surface area contributed by atoms with Crippen molar-refractivity contribution in [2.75, 3.05) is 5.32 Å². The number of halogens is 4. The van der Waals surface area contributed by atoms with E-state index in [2.05, 4.69) is 30.2 Å². The maximum Gasteiger partial charge on any atom is 0.418 e. The number of nitrogens with zero attached hydrogens (tertiary/aromatic N) is 5. The number of aryl methyl sites for hydroxylation is 1. The van der Waals surface area contributed by atoms with Crippen molar-refractivity contribution < 1.29 is 22.8 Å². The van der Waals surface area contributed by atoms with Crippen LogP contribution < -0.4 is 5.32 Å². The molecule has 36 heavy (non-hydrogen) atoms. The molecule has 1 amide bonds. The zero-order valence-corrected chi connectivity index (χ0v) is 21.0. The Labute approximate surface area is 215 Å². The minimum Gasteiger partial charge on any atom is -0.306 e. The van der Waals surface area contributed by atoms with Crippen molar-refractivity contribution in [3.63, 3.8) is 0 Å². The van der Waals surface area contributed by atoms with Crippen LogP contribution in [-0.4, -0.2) is 36.6 Å². The molecule has 0 saturated heterocycles. The molecule has 0 aliphatic heterocycles. The third kappa shape index (κ3) is 5.74. The van der Waals surface area contributed by atoms with Crippen molar-refractivity contribution in [3.8, 4) is 10.7 Å². The van der Waals surface area contributed by atoms with Gasteiger partial charge in [0.15, 0.2) is 5.78 Å². The normalized spacial score (nSPS) is 12.4. The Bertz CT molecular complexity index is 1420. The van der Waals surface area contributed by atoms with Crippen LogP contribution in [0.4, 0.5) is 19.0 Å². The largest absolute Gasteiger partial charge is 0.418 e. The van der Waals surface area contributed by atoms with E-state index in [0.29, 0.717) is 32.3 Å². The molecule has 14 heteroatoms. The van der Waals surface area contributed by atoms with Gasteiger partial charge in [0.2, 0.25) is 0 Å². The first-order chi connectivity index (χ1) is 17.0. The van der Waals surface area contributed by atoms with Crippen LogP contribution in [0.3, 0.4) is 0 Å². The fourth-order valence-corrected chi connectivity index (χ4v) is 5.21. The van der Waals surface area contributed by atoms with Gasteiger partial charge in [-0.3, -0.25) is 19.6 Å². The van der Waals surface area contributed by atoms with E-state index >= 15 is 0 Å². The Hall–Kier alpha value is -3.29. The third-order valence-corrected chi connectivity index (χ3v) is 7.64. The molecular weight excluding hydrogens is 537 g/mol. The van der Waals surface area contributed by atoms with Gasteiger partial charge in [0, 0.05) is 30.9 Å². The molecule has 1 N–H and O–H groups in total. The van der Waals surface area contributed by atoms with Crippen molar-refractivity contribution in [1.29, 1.82) is 0 Å². The number of hydrogen-bond acceptors (Lipinski definition) is 9. The van der Waals surface area contributed by atoms with Crippen molar-refractivity contribution in [2.24, 2.45) is 0 Å². The molecule has 0 aliphatic carbocycles. The lowest BCUT2D eigenvalue weighted by Crippen LogP contribution is -2.13. The summed E-state index contributed by atoms with van der Waals surface area (Å²) < 4.78 is 39.2. The maximum atomic E-state index is 13.1. The number of nitrogens with one attached hydrogen (secondary N) is 1. The van der Waals surface area contributed by atoms with E-state index in [1.165, 1.54) is 17.5 Å². The molecule has 4 aromatic rings. The van der Waals surface area contributed by atoms with Gasteiger partial charge >= 0.3 is 6.18 Å². The van der Waals surface area contributed by atoms with E-state index in [1.807, 2.05) is 0 Å². The molecule has 4 aromatic heterocycles. The van der Waals surface area contributed by atoms with Crippen LogP contribution in [0.1, 0.15) is 54.9 Å². The van der Waals surface area contributed by atoms with Gasteiger partial charge in [0.1, 0.15) is 21.4 Å². The van der Waals surface area contributed by atoms with Gasteiger partial charge in [-0.2, -0.15) is 13.2 Å². The smallest absolute Gasteiger partial charge is 0.306 e. The minimum absolute atomic E-state index is 0.126. The second-order valence-electron chi connectivity index (χ2n) is 7.62. The van der Waals surface area contributed by atoms with E-state index in [-0.39, 0.29) is 28.8 Å². The Kier molecular flexibility index (Phi) is 7.43. The third-order valence-electron chi connectivity index (χ3n) is 4.89. The molecule has 0 spiro atoms. The van der Waals surface area contributed by atoms with Crippen molar-refractivity contribution in [1.82, 2.24) is 24.9 Å². The quantitative estimate of drug-likeness (QED) is 0.277. The number of ketones is 1. The summed E-state index contributed by atoms with van der Waals surface area (Å²) in [6.07, 6.45) is 2.23. The number of rotatable bonds is 7. The monoisotopic (exact) mass is 552 g/mol. The lowest BCUT2D eigenvalue weighted by molar-refractivity contribution is -0.137. The van der Waals surface area contributed by atoms with Crippen LogP contribution in [-0.2, 0) is 6.18 Å². The van der Waals surface area contributed by atoms with Crippen LogP contribution in [0.5, 0.6) is 0 Å². The second kappa shape index (κ2) is 10.4. The number of amides is 1. The Morgan fingerprint density at radius 3 is 2.58 bits per heavy atom. The van der Waals surface area contributed by atoms with Gasteiger partial charge in [-0.15, -0.1) is 22.7 Å². The first-order valence-electron chi connectivity index (χ1n) is 10.3. The lowest BCUT2D eigenvalue weighted by atomic mass is 10.0. The molecule has 0 bridgehead atoms. The summed E-state index contributed by atoms with van der Waals surface area (Å²) in [7, 11) is 0. The predicted molar refractivity (Wildman–Crippen MR) is 130 cm³/mol. The van der Waals surface area contributed by atoms with Gasteiger partial charge < -0.3 is 5.32 Å². The van der Waals surface area contributed by atoms with E-state index in [9.17, 15) is 22.8 Å². The van der Waals surface area contributed by atoms with Crippen LogP contribution in [0, 0.1) is 6.92 Å². The predicted octanol–water partition coefficient (Wildman–Crippen LogP) is 6.06. The summed E-state index contributed by atoms with van der Waals surface area (Å²) in [6.45, 7) is 3.55. The highest BCUT2D eigenvalue weighted by Crippen LogP contribution is 2.36. The number of carbonyl (C=O) groups excluding carboxylic acids is 2. The highest BCUT2D eigenvalue weighted by Gasteiger charge is 2.34. The molecule has 0 saturated carbocycles. The average Bonchev–Trinajstić information content (AvgIpc) is 3.48. The summed E-state index contributed by atoms with van der Waals surface area (Å²) in [5.41, 5.74) is 0.0592. The second-order valence-corrected chi connectivity index (χ2v) is 10.1. The van der Waals surface area contributed by atoms with E-state index in [0.717, 1.165) is 17.5 Å². The van der Waals surface area contributed by atoms with Gasteiger partial charge in [-0.1, -0.05) is 18.5 Å². The molecule has 0 aliphatic rings. The number of aromatic nitrogens is 5. The van der Waals surface area contributed by atoms with Crippen LogP contribution in [0.15, 0.2) is 37.1 Å². The van der Waals surface area contributed by atoms with Crippen LogP contribution >= 0.6 is 34.3 Å². The number of Topliss-reactive ketones (excluding diaryl/α,β-unsaturated/α-hetero) is 1. The lowest BCUT2D eigenvalue weighted by Gasteiger charge is -2.10. The standard InChI is InChI=1S/C22H16ClF3N6O2S2/c1-10(5-15(33)18-11(2)31-21(36-18)14-8-27-3-4-28-14)20-30-9-16(35-20)19(34)32-17-6-12(22(24,25)26)13(23)7-29-17/h3-4,6-10H,5H2,1-2H3,(H,29,32,34)/t10-/m0/s1. The number of alkyl halides is 3. The first kappa shape index (κ1) is 25.8. The average molecular weight is 553 g/mol. The van der Waals surface area contributed by atoms with Crippen molar-refractivity contribution in [3.05, 3.63) is 68.1 Å². The highest BCUT2D eigenvalue weighted by molar-refractivity contribution is 7.17. The molecular formula is C22H16ClF3N6O2S2. The summed E-state index contributed by atoms with van der Waals surface area (Å²) in [5.74, 6) is -1.41. The fraction of sp³-hybridized carbons (Fsp3) is 0.227. The zero-order chi connectivity index (χ0) is 26.0. The molecule has 4 heterocycles. The number of anilines is 1. The molecule has 0 unspecified atom stereocenters. The molecule has 0 radical (unpaired) electrons. The van der Waals surface area contributed by atoms with Crippen LogP contribution in [0.25, 0.3) is 10.7 Å². The molecule has 0 aromatic carbocycles. The van der Waals surface area contributed by atoms with Gasteiger partial charge in [-0.05, 0) is 13.0 Å². The summed E-state index contributed by atoms with van der Waals surface area (Å²) >= 11 is 7.84. The van der Waals surface area contributed by atoms with Crippen LogP contribution in [0.2, 0.25) is 5.02 Å². The fourth-order valence-electron chi connectivity index (χ4n) is 3.15. The van der Waals surface area contributed by atoms with Crippen molar-refractivity contribution >= 4 is 51.8 Å². The van der Waals surface area contributed by atoms with E-state index in [1.54, 1.807) is 32.4 Å². The van der Waals surface area contributed by atoms with Gasteiger partial charge in [0.25, 0.3) is 5.91 Å². The molecule has 4 rings (SSSR count). The number of pyridine rings is 1. The molecule has 8 nitrogen and oxygen atoms in total. The molecule has 1 atom stereocenters. The highest BCUT2D eigenvalue weighted by atomic mass is 35.5. The zero-order valence-electron chi connectivity index (χ0n) is 18.6. The van der Waals surface area contributed by atoms with Gasteiger partial charge in [-0.25, -0.2) is 15.0 Å². The Morgan fingerprint density at radius 1 is 1.11 bits per heavy atom. The topological polar surface area (TPSA) is 111 Å². The summed E-state index contributed by atoms with van der Waals surface area (Å²) in [6, 6.07) is 0.663. The molecule has 186 valence electrons. The maximum absolute atomic E-state index is 13.1. The van der Waals surface area contributed by atoms with Crippen molar-refractivity contribution in [2.45, 2.75) is 32.4 Å².